The topological polar surface area (TPSA) is 84.9 Å². The summed E-state index contributed by atoms with van der Waals surface area (Å²) >= 11 is 3.22. The van der Waals surface area contributed by atoms with Crippen LogP contribution < -0.4 is 10.1 Å². The molecule has 110 valence electrons. The fraction of sp³-hybridized carbons (Fsp3) is 0.385. The fourth-order valence-corrected chi connectivity index (χ4v) is 1.87. The molecule has 1 rings (SSSR count). The van der Waals surface area contributed by atoms with Gasteiger partial charge in [0.1, 0.15) is 5.75 Å². The van der Waals surface area contributed by atoms with E-state index in [1.807, 2.05) is 0 Å². The summed E-state index contributed by atoms with van der Waals surface area (Å²) in [6, 6.07) is 4.34. The minimum atomic E-state index is -1.03. The Morgan fingerprint density at radius 3 is 2.70 bits per heavy atom. The molecule has 2 N–H and O–H groups in total. The van der Waals surface area contributed by atoms with Crippen LogP contribution in [0.3, 0.4) is 0 Å². The number of carboxylic acid groups (broad SMARTS) is 1. The van der Waals surface area contributed by atoms with Gasteiger partial charge in [-0.1, -0.05) is 0 Å². The van der Waals surface area contributed by atoms with E-state index < -0.39 is 12.1 Å². The molecule has 1 aromatic carbocycles. The van der Waals surface area contributed by atoms with Gasteiger partial charge in [-0.15, -0.1) is 0 Å². The van der Waals surface area contributed by atoms with Crippen LogP contribution in [0.2, 0.25) is 0 Å². The summed E-state index contributed by atoms with van der Waals surface area (Å²) < 4.78 is 10.8. The molecule has 0 aliphatic heterocycles. The smallest absolute Gasteiger partial charge is 0.335 e. The van der Waals surface area contributed by atoms with Crippen LogP contribution in [-0.2, 0) is 9.53 Å². The summed E-state index contributed by atoms with van der Waals surface area (Å²) in [5.41, 5.74) is 0.140. The van der Waals surface area contributed by atoms with Crippen LogP contribution in [0.1, 0.15) is 17.3 Å². The number of amides is 1. The Labute approximate surface area is 125 Å². The van der Waals surface area contributed by atoms with Crippen molar-refractivity contribution in [3.8, 4) is 5.75 Å². The van der Waals surface area contributed by atoms with E-state index in [0.717, 1.165) is 0 Å². The molecule has 6 nitrogen and oxygen atoms in total. The molecule has 1 aromatic rings. The first kappa shape index (κ1) is 16.5. The molecule has 0 spiro atoms. The zero-order valence-corrected chi connectivity index (χ0v) is 12.8. The highest BCUT2D eigenvalue weighted by Gasteiger charge is 2.16. The summed E-state index contributed by atoms with van der Waals surface area (Å²) in [5.74, 6) is -0.886. The minimum absolute atomic E-state index is 0.140. The minimum Gasteiger partial charge on any atom is -0.480 e. The lowest BCUT2D eigenvalue weighted by Crippen LogP contribution is -2.38. The first-order chi connectivity index (χ1) is 9.45. The van der Waals surface area contributed by atoms with Crippen LogP contribution in [0, 0.1) is 0 Å². The SMILES string of the molecule is COCCNC(=O)C(C)Oc1ccc(C(=O)O)cc1Br. The summed E-state index contributed by atoms with van der Waals surface area (Å²) in [6.07, 6.45) is -0.696. The Bertz CT molecular complexity index is 492. The first-order valence-electron chi connectivity index (χ1n) is 5.92. The van der Waals surface area contributed by atoms with E-state index in [0.29, 0.717) is 23.4 Å². The van der Waals surface area contributed by atoms with Gasteiger partial charge in [0.05, 0.1) is 16.6 Å². The molecule has 0 saturated heterocycles. The number of hydrogen-bond acceptors (Lipinski definition) is 4. The van der Waals surface area contributed by atoms with Gasteiger partial charge in [0.2, 0.25) is 0 Å². The lowest BCUT2D eigenvalue weighted by Gasteiger charge is -2.15. The second kappa shape index (κ2) is 7.86. The zero-order chi connectivity index (χ0) is 15.1. The normalized spacial score (nSPS) is 11.8. The number of carbonyl (C=O) groups excluding carboxylic acids is 1. The van der Waals surface area contributed by atoms with Gasteiger partial charge in [0.15, 0.2) is 6.10 Å². The Hall–Kier alpha value is -1.60. The van der Waals surface area contributed by atoms with E-state index in [4.69, 9.17) is 14.6 Å². The van der Waals surface area contributed by atoms with E-state index >= 15 is 0 Å². The molecule has 0 radical (unpaired) electrons. The van der Waals surface area contributed by atoms with Crippen LogP contribution in [0.4, 0.5) is 0 Å². The Morgan fingerprint density at radius 1 is 1.45 bits per heavy atom. The number of carbonyl (C=O) groups is 2. The van der Waals surface area contributed by atoms with Crippen LogP contribution in [0.5, 0.6) is 5.75 Å². The molecule has 0 bridgehead atoms. The molecule has 0 saturated carbocycles. The van der Waals surface area contributed by atoms with Gasteiger partial charge in [-0.2, -0.15) is 0 Å². The van der Waals surface area contributed by atoms with Gasteiger partial charge in [-0.05, 0) is 41.1 Å². The van der Waals surface area contributed by atoms with E-state index in [9.17, 15) is 9.59 Å². The quantitative estimate of drug-likeness (QED) is 0.734. The van der Waals surface area contributed by atoms with Crippen molar-refractivity contribution in [3.63, 3.8) is 0 Å². The van der Waals surface area contributed by atoms with E-state index in [2.05, 4.69) is 21.2 Å². The molecule has 0 aliphatic rings. The van der Waals surface area contributed by atoms with Crippen molar-refractivity contribution in [2.45, 2.75) is 13.0 Å². The maximum absolute atomic E-state index is 11.7. The number of halogens is 1. The summed E-state index contributed by atoms with van der Waals surface area (Å²) in [5, 5.41) is 11.5. The van der Waals surface area contributed by atoms with Gasteiger partial charge in [0.25, 0.3) is 5.91 Å². The number of aromatic carboxylic acids is 1. The highest BCUT2D eigenvalue weighted by molar-refractivity contribution is 9.10. The summed E-state index contributed by atoms with van der Waals surface area (Å²) in [7, 11) is 1.55. The van der Waals surface area contributed by atoms with Gasteiger partial charge in [-0.25, -0.2) is 4.79 Å². The monoisotopic (exact) mass is 345 g/mol. The second-order valence-electron chi connectivity index (χ2n) is 3.99. The Morgan fingerprint density at radius 2 is 2.15 bits per heavy atom. The molecule has 7 heteroatoms. The van der Waals surface area contributed by atoms with Crippen molar-refractivity contribution in [2.24, 2.45) is 0 Å². The molecule has 0 aliphatic carbocycles. The van der Waals surface area contributed by atoms with Crippen molar-refractivity contribution < 1.29 is 24.2 Å². The second-order valence-corrected chi connectivity index (χ2v) is 4.85. The first-order valence-corrected chi connectivity index (χ1v) is 6.71. The zero-order valence-electron chi connectivity index (χ0n) is 11.2. The Kier molecular flexibility index (Phi) is 6.47. The number of rotatable bonds is 7. The van der Waals surface area contributed by atoms with E-state index in [1.54, 1.807) is 14.0 Å². The number of methoxy groups -OCH3 is 1. The molecular weight excluding hydrogens is 330 g/mol. The van der Waals surface area contributed by atoms with E-state index in [1.165, 1.54) is 18.2 Å². The third-order valence-electron chi connectivity index (χ3n) is 2.46. The molecule has 20 heavy (non-hydrogen) atoms. The lowest BCUT2D eigenvalue weighted by molar-refractivity contribution is -0.127. The standard InChI is InChI=1S/C13H16BrNO5/c1-8(12(16)15-5-6-19-2)20-11-4-3-9(13(17)18)7-10(11)14/h3-4,7-8H,5-6H2,1-2H3,(H,15,16)(H,17,18). The highest BCUT2D eigenvalue weighted by Crippen LogP contribution is 2.27. The maximum Gasteiger partial charge on any atom is 0.335 e. The van der Waals surface area contributed by atoms with E-state index in [-0.39, 0.29) is 11.5 Å². The fourth-order valence-electron chi connectivity index (χ4n) is 1.39. The van der Waals surface area contributed by atoms with Crippen molar-refractivity contribution in [2.75, 3.05) is 20.3 Å². The molecule has 0 fully saturated rings. The summed E-state index contributed by atoms with van der Waals surface area (Å²) in [6.45, 7) is 2.44. The van der Waals surface area contributed by atoms with Crippen molar-refractivity contribution in [1.82, 2.24) is 5.32 Å². The van der Waals surface area contributed by atoms with Crippen LogP contribution in [-0.4, -0.2) is 43.3 Å². The van der Waals surface area contributed by atoms with Crippen molar-refractivity contribution in [3.05, 3.63) is 28.2 Å². The van der Waals surface area contributed by atoms with Crippen LogP contribution in [0.15, 0.2) is 22.7 Å². The molecule has 1 unspecified atom stereocenters. The van der Waals surface area contributed by atoms with Crippen LogP contribution in [0.25, 0.3) is 0 Å². The average molecular weight is 346 g/mol. The summed E-state index contributed by atoms with van der Waals surface area (Å²) in [4.78, 5) is 22.5. The van der Waals surface area contributed by atoms with Crippen molar-refractivity contribution in [1.29, 1.82) is 0 Å². The molecule has 1 amide bonds. The number of benzene rings is 1. The number of hydrogen-bond donors (Lipinski definition) is 2. The lowest BCUT2D eigenvalue weighted by atomic mass is 10.2. The average Bonchev–Trinajstić information content (AvgIpc) is 2.40. The Balaban J connectivity index is 2.63. The predicted octanol–water partition coefficient (Wildman–Crippen LogP) is 1.68. The number of nitrogens with one attached hydrogen (secondary N) is 1. The van der Waals surface area contributed by atoms with Gasteiger partial charge >= 0.3 is 5.97 Å². The largest absolute Gasteiger partial charge is 0.480 e. The van der Waals surface area contributed by atoms with Crippen LogP contribution >= 0.6 is 15.9 Å². The maximum atomic E-state index is 11.7. The van der Waals surface area contributed by atoms with Gasteiger partial charge in [0, 0.05) is 13.7 Å². The van der Waals surface area contributed by atoms with Crippen molar-refractivity contribution >= 4 is 27.8 Å². The number of carboxylic acids is 1. The van der Waals surface area contributed by atoms with Gasteiger partial charge < -0.3 is 19.9 Å². The molecule has 0 heterocycles. The third kappa shape index (κ3) is 4.82. The predicted molar refractivity (Wildman–Crippen MR) is 76.1 cm³/mol. The van der Waals surface area contributed by atoms with Gasteiger partial charge in [-0.3, -0.25) is 4.79 Å². The molecular formula is C13H16BrNO5. The highest BCUT2D eigenvalue weighted by atomic mass is 79.9. The molecule has 0 aromatic heterocycles. The molecule has 1 atom stereocenters. The number of ether oxygens (including phenoxy) is 2. The third-order valence-corrected chi connectivity index (χ3v) is 3.08.